The van der Waals surface area contributed by atoms with Gasteiger partial charge in [0.05, 0.1) is 5.56 Å². The van der Waals surface area contributed by atoms with E-state index in [0.717, 1.165) is 26.7 Å². The minimum atomic E-state index is 0.299. The van der Waals surface area contributed by atoms with Crippen LogP contribution in [-0.4, -0.2) is 10.1 Å². The molecule has 4 nitrogen and oxygen atoms in total. The topological polar surface area (TPSA) is 64.9 Å². The summed E-state index contributed by atoms with van der Waals surface area (Å²) in [6.45, 7) is 1.98. The molecule has 2 N–H and O–H groups in total. The average Bonchev–Trinajstić information content (AvgIpc) is 2.81. The zero-order chi connectivity index (χ0) is 14.1. The summed E-state index contributed by atoms with van der Waals surface area (Å²) < 4.78 is 6.12. The Labute approximate surface area is 124 Å². The van der Waals surface area contributed by atoms with Crippen molar-refractivity contribution in [2.45, 2.75) is 6.92 Å². The highest BCUT2D eigenvalue weighted by molar-refractivity contribution is 9.10. The van der Waals surface area contributed by atoms with E-state index < -0.39 is 0 Å². The molecule has 3 aromatic rings. The Morgan fingerprint density at radius 3 is 2.75 bits per heavy atom. The molecule has 0 amide bonds. The number of rotatable bonds is 2. The summed E-state index contributed by atoms with van der Waals surface area (Å²) >= 11 is 3.53. The Hall–Kier alpha value is -2.14. The van der Waals surface area contributed by atoms with Crippen LogP contribution >= 0.6 is 15.9 Å². The molecule has 0 aliphatic heterocycles. The molecule has 2 aromatic heterocycles. The lowest BCUT2D eigenvalue weighted by Gasteiger charge is -2.05. The van der Waals surface area contributed by atoms with Crippen molar-refractivity contribution in [1.82, 2.24) is 10.1 Å². The van der Waals surface area contributed by atoms with Crippen LogP contribution in [0.15, 0.2) is 51.7 Å². The van der Waals surface area contributed by atoms with Crippen molar-refractivity contribution in [2.24, 2.45) is 0 Å². The van der Waals surface area contributed by atoms with Crippen LogP contribution in [0.3, 0.4) is 0 Å². The van der Waals surface area contributed by atoms with Gasteiger partial charge in [-0.15, -0.1) is 0 Å². The second-order valence-corrected chi connectivity index (χ2v) is 5.36. The Morgan fingerprint density at radius 2 is 2.00 bits per heavy atom. The molecule has 0 saturated heterocycles. The fourth-order valence-corrected chi connectivity index (χ4v) is 2.59. The van der Waals surface area contributed by atoms with E-state index in [0.29, 0.717) is 11.6 Å². The molecule has 0 spiro atoms. The second kappa shape index (κ2) is 5.09. The van der Waals surface area contributed by atoms with Gasteiger partial charge >= 0.3 is 0 Å². The fraction of sp³-hybridized carbons (Fsp3) is 0.0667. The van der Waals surface area contributed by atoms with Gasteiger partial charge in [0.15, 0.2) is 0 Å². The van der Waals surface area contributed by atoms with Crippen molar-refractivity contribution >= 4 is 21.8 Å². The Bertz CT molecular complexity index is 767. The van der Waals surface area contributed by atoms with Crippen LogP contribution in [0.4, 0.5) is 5.88 Å². The van der Waals surface area contributed by atoms with Gasteiger partial charge in [-0.1, -0.05) is 39.3 Å². The van der Waals surface area contributed by atoms with Crippen LogP contribution in [0.2, 0.25) is 0 Å². The second-order valence-electron chi connectivity index (χ2n) is 4.50. The number of halogens is 1. The molecule has 0 saturated carbocycles. The van der Waals surface area contributed by atoms with Crippen LogP contribution < -0.4 is 5.73 Å². The van der Waals surface area contributed by atoms with Crippen molar-refractivity contribution < 1.29 is 4.52 Å². The number of anilines is 1. The molecule has 100 valence electrons. The predicted octanol–water partition coefficient (Wildman–Crippen LogP) is 4.06. The van der Waals surface area contributed by atoms with Crippen molar-refractivity contribution in [3.05, 3.63) is 52.8 Å². The lowest BCUT2D eigenvalue weighted by atomic mass is 10.0. The summed E-state index contributed by atoms with van der Waals surface area (Å²) in [6.07, 6.45) is 3.55. The Morgan fingerprint density at radius 1 is 1.20 bits per heavy atom. The molecule has 0 bridgehead atoms. The number of nitrogens with zero attached hydrogens (tertiary/aromatic N) is 2. The molecule has 0 atom stereocenters. The largest absolute Gasteiger partial charge is 0.367 e. The van der Waals surface area contributed by atoms with Gasteiger partial charge in [-0.3, -0.25) is 4.98 Å². The van der Waals surface area contributed by atoms with Crippen molar-refractivity contribution in [3.8, 4) is 22.4 Å². The number of hydrogen-bond acceptors (Lipinski definition) is 4. The summed E-state index contributed by atoms with van der Waals surface area (Å²) in [5.41, 5.74) is 10.3. The van der Waals surface area contributed by atoms with Gasteiger partial charge in [0.1, 0.15) is 5.69 Å². The van der Waals surface area contributed by atoms with Gasteiger partial charge in [0.2, 0.25) is 5.88 Å². The van der Waals surface area contributed by atoms with E-state index in [2.05, 4.69) is 26.1 Å². The summed E-state index contributed by atoms with van der Waals surface area (Å²) in [5, 5.41) is 4.08. The zero-order valence-electron chi connectivity index (χ0n) is 10.8. The van der Waals surface area contributed by atoms with E-state index >= 15 is 0 Å². The number of nitrogens with two attached hydrogens (primary N) is 1. The van der Waals surface area contributed by atoms with E-state index in [4.69, 9.17) is 10.3 Å². The highest BCUT2D eigenvalue weighted by Crippen LogP contribution is 2.39. The smallest absolute Gasteiger partial charge is 0.230 e. The number of aryl methyl sites for hydroxylation is 1. The minimum absolute atomic E-state index is 0.299. The zero-order valence-corrected chi connectivity index (χ0v) is 12.4. The van der Waals surface area contributed by atoms with Gasteiger partial charge in [-0.2, -0.15) is 0 Å². The molecule has 20 heavy (non-hydrogen) atoms. The normalized spacial score (nSPS) is 10.7. The first kappa shape index (κ1) is 12.9. The number of pyridine rings is 1. The molecule has 0 fully saturated rings. The number of aromatic nitrogens is 2. The standard InChI is InChI=1S/C15H12BrN3O/c1-9-6-10(8-18-7-9)14-13(15(17)20-19-14)11-4-2-3-5-12(11)16/h2-8H,17H2,1H3. The molecule has 0 radical (unpaired) electrons. The number of nitrogen functional groups attached to an aromatic ring is 1. The fourth-order valence-electron chi connectivity index (χ4n) is 2.11. The van der Waals surface area contributed by atoms with Crippen LogP contribution in [0.25, 0.3) is 22.4 Å². The molecular weight excluding hydrogens is 318 g/mol. The van der Waals surface area contributed by atoms with Crippen molar-refractivity contribution in [1.29, 1.82) is 0 Å². The molecular formula is C15H12BrN3O. The maximum absolute atomic E-state index is 5.95. The molecule has 2 heterocycles. The van der Waals surface area contributed by atoms with Crippen LogP contribution in [0.1, 0.15) is 5.56 Å². The summed E-state index contributed by atoms with van der Waals surface area (Å²) in [6, 6.07) is 9.83. The molecule has 0 aliphatic rings. The third-order valence-corrected chi connectivity index (χ3v) is 3.70. The van der Waals surface area contributed by atoms with Gasteiger partial charge < -0.3 is 10.3 Å². The van der Waals surface area contributed by atoms with Gasteiger partial charge in [-0.25, -0.2) is 0 Å². The van der Waals surface area contributed by atoms with Gasteiger partial charge in [0.25, 0.3) is 0 Å². The first-order valence-corrected chi connectivity index (χ1v) is 6.88. The van der Waals surface area contributed by atoms with Crippen LogP contribution in [-0.2, 0) is 0 Å². The quantitative estimate of drug-likeness (QED) is 0.770. The van der Waals surface area contributed by atoms with E-state index in [-0.39, 0.29) is 0 Å². The first-order chi connectivity index (χ1) is 9.66. The summed E-state index contributed by atoms with van der Waals surface area (Å²) in [5.74, 6) is 0.299. The van der Waals surface area contributed by atoms with E-state index in [9.17, 15) is 0 Å². The van der Waals surface area contributed by atoms with Crippen molar-refractivity contribution in [2.75, 3.05) is 5.73 Å². The SMILES string of the molecule is Cc1cncc(-c2noc(N)c2-c2ccccc2Br)c1. The lowest BCUT2D eigenvalue weighted by molar-refractivity contribution is 0.439. The number of hydrogen-bond donors (Lipinski definition) is 1. The lowest BCUT2D eigenvalue weighted by Crippen LogP contribution is -1.89. The highest BCUT2D eigenvalue weighted by Gasteiger charge is 2.19. The summed E-state index contributed by atoms with van der Waals surface area (Å²) in [7, 11) is 0. The van der Waals surface area contributed by atoms with Crippen LogP contribution in [0, 0.1) is 6.92 Å². The maximum Gasteiger partial charge on any atom is 0.230 e. The maximum atomic E-state index is 5.95. The van der Waals surface area contributed by atoms with Gasteiger partial charge in [0, 0.05) is 28.0 Å². The number of benzene rings is 1. The minimum Gasteiger partial charge on any atom is -0.367 e. The van der Waals surface area contributed by atoms with Crippen LogP contribution in [0.5, 0.6) is 0 Å². The molecule has 1 aromatic carbocycles. The molecule has 0 unspecified atom stereocenters. The third kappa shape index (κ3) is 2.20. The predicted molar refractivity (Wildman–Crippen MR) is 82.0 cm³/mol. The van der Waals surface area contributed by atoms with E-state index in [1.54, 1.807) is 12.4 Å². The van der Waals surface area contributed by atoms with Crippen molar-refractivity contribution in [3.63, 3.8) is 0 Å². The Balaban J connectivity index is 2.23. The molecule has 0 aliphatic carbocycles. The van der Waals surface area contributed by atoms with E-state index in [1.807, 2.05) is 37.3 Å². The van der Waals surface area contributed by atoms with E-state index in [1.165, 1.54) is 0 Å². The summed E-state index contributed by atoms with van der Waals surface area (Å²) in [4.78, 5) is 4.19. The monoisotopic (exact) mass is 329 g/mol. The first-order valence-electron chi connectivity index (χ1n) is 6.09. The highest BCUT2D eigenvalue weighted by atomic mass is 79.9. The third-order valence-electron chi connectivity index (χ3n) is 3.01. The molecule has 5 heteroatoms. The Kier molecular flexibility index (Phi) is 3.28. The molecule has 3 rings (SSSR count). The van der Waals surface area contributed by atoms with Gasteiger partial charge in [-0.05, 0) is 24.6 Å². The average molecular weight is 330 g/mol.